The topological polar surface area (TPSA) is 89.3 Å². The largest absolute Gasteiger partial charge is 0.481 e. The van der Waals surface area contributed by atoms with E-state index in [0.717, 1.165) is 4.68 Å². The molecule has 0 saturated carbocycles. The van der Waals surface area contributed by atoms with Crippen LogP contribution >= 0.6 is 0 Å². The van der Waals surface area contributed by atoms with Gasteiger partial charge in [0.2, 0.25) is 0 Å². The number of carboxylic acid groups (broad SMARTS) is 1. The van der Waals surface area contributed by atoms with E-state index in [2.05, 4.69) is 5.10 Å². The lowest BCUT2D eigenvalue weighted by molar-refractivity contribution is -0.136. The summed E-state index contributed by atoms with van der Waals surface area (Å²) >= 11 is 0. The normalized spacial score (nSPS) is 11.6. The van der Waals surface area contributed by atoms with Crippen molar-refractivity contribution in [2.75, 3.05) is 0 Å². The number of nitrogens with zero attached hydrogens (tertiary/aromatic N) is 2. The van der Waals surface area contributed by atoms with E-state index in [4.69, 9.17) is 5.11 Å². The number of carboxylic acids is 1. The molecule has 0 aliphatic rings. The molecule has 0 aliphatic carbocycles. The molecular weight excluding hydrogens is 284 g/mol. The molecule has 0 bridgehead atoms. The van der Waals surface area contributed by atoms with E-state index in [1.165, 1.54) is 0 Å². The van der Waals surface area contributed by atoms with Crippen molar-refractivity contribution in [3.05, 3.63) is 40.3 Å². The molecule has 0 fully saturated rings. The van der Waals surface area contributed by atoms with Gasteiger partial charge in [-0.15, -0.1) is 0 Å². The van der Waals surface area contributed by atoms with Gasteiger partial charge in [-0.3, -0.25) is 14.4 Å². The van der Waals surface area contributed by atoms with Gasteiger partial charge < -0.3 is 5.11 Å². The summed E-state index contributed by atoms with van der Waals surface area (Å²) in [4.78, 5) is 35.6. The number of aromatic nitrogens is 2. The fourth-order valence-electron chi connectivity index (χ4n) is 2.06. The molecule has 6 nitrogen and oxygen atoms in total. The van der Waals surface area contributed by atoms with Crippen LogP contribution < -0.4 is 5.56 Å². The van der Waals surface area contributed by atoms with Gasteiger partial charge in [0.25, 0.3) is 5.56 Å². The van der Waals surface area contributed by atoms with E-state index in [1.54, 1.807) is 45.0 Å². The summed E-state index contributed by atoms with van der Waals surface area (Å²) < 4.78 is 1.06. The summed E-state index contributed by atoms with van der Waals surface area (Å²) in [7, 11) is 0. The van der Waals surface area contributed by atoms with E-state index in [1.807, 2.05) is 0 Å². The molecule has 0 saturated heterocycles. The van der Waals surface area contributed by atoms with Gasteiger partial charge in [-0.1, -0.05) is 39.0 Å². The summed E-state index contributed by atoms with van der Waals surface area (Å²) in [5, 5.41) is 14.0. The summed E-state index contributed by atoms with van der Waals surface area (Å²) in [6, 6.07) is 6.70. The third kappa shape index (κ3) is 3.21. The zero-order valence-corrected chi connectivity index (χ0v) is 12.8. The Balaban J connectivity index is 2.60. The Bertz CT molecular complexity index is 800. The predicted molar refractivity (Wildman–Crippen MR) is 81.8 cm³/mol. The van der Waals surface area contributed by atoms with Gasteiger partial charge in [0.05, 0.1) is 17.5 Å². The van der Waals surface area contributed by atoms with Crippen LogP contribution in [0.4, 0.5) is 0 Å². The molecule has 2 aromatic rings. The second-order valence-electron chi connectivity index (χ2n) is 6.20. The second-order valence-corrected chi connectivity index (χ2v) is 6.20. The van der Waals surface area contributed by atoms with Crippen molar-refractivity contribution in [3.8, 4) is 0 Å². The van der Waals surface area contributed by atoms with Crippen molar-refractivity contribution in [1.29, 1.82) is 0 Å². The van der Waals surface area contributed by atoms with Gasteiger partial charge in [-0.05, 0) is 6.07 Å². The average molecular weight is 302 g/mol. The highest BCUT2D eigenvalue weighted by molar-refractivity contribution is 5.87. The van der Waals surface area contributed by atoms with Crippen molar-refractivity contribution in [1.82, 2.24) is 9.78 Å². The van der Waals surface area contributed by atoms with Gasteiger partial charge in [0, 0.05) is 10.8 Å². The minimum atomic E-state index is -1.04. The summed E-state index contributed by atoms with van der Waals surface area (Å²) in [6.07, 6.45) is -0.301. The summed E-state index contributed by atoms with van der Waals surface area (Å²) in [5.41, 5.74) is -0.702. The molecule has 1 N–H and O–H groups in total. The fourth-order valence-corrected chi connectivity index (χ4v) is 2.06. The number of fused-ring (bicyclic) bond motifs is 1. The van der Waals surface area contributed by atoms with Crippen molar-refractivity contribution >= 4 is 22.5 Å². The van der Waals surface area contributed by atoms with E-state index in [0.29, 0.717) is 10.8 Å². The first kappa shape index (κ1) is 15.9. The number of benzene rings is 1. The van der Waals surface area contributed by atoms with Crippen molar-refractivity contribution in [3.63, 3.8) is 0 Å². The number of aliphatic carboxylic acids is 1. The number of rotatable bonds is 4. The maximum absolute atomic E-state index is 12.4. The van der Waals surface area contributed by atoms with Crippen LogP contribution in [0.25, 0.3) is 10.8 Å². The Morgan fingerprint density at radius 1 is 1.18 bits per heavy atom. The maximum atomic E-state index is 12.4. The second kappa shape index (κ2) is 5.71. The molecule has 1 aromatic carbocycles. The first-order chi connectivity index (χ1) is 10.2. The van der Waals surface area contributed by atoms with Crippen molar-refractivity contribution in [2.45, 2.75) is 33.7 Å². The molecule has 1 heterocycles. The van der Waals surface area contributed by atoms with E-state index >= 15 is 0 Å². The first-order valence-corrected chi connectivity index (χ1v) is 6.94. The number of hydrogen-bond donors (Lipinski definition) is 1. The van der Waals surface area contributed by atoms with Crippen molar-refractivity contribution in [2.24, 2.45) is 5.41 Å². The van der Waals surface area contributed by atoms with Crippen molar-refractivity contribution < 1.29 is 14.7 Å². The highest BCUT2D eigenvalue weighted by Crippen LogP contribution is 2.17. The molecule has 2 rings (SSSR count). The van der Waals surface area contributed by atoms with Crippen LogP contribution in [0.1, 0.15) is 26.5 Å². The molecule has 0 atom stereocenters. The highest BCUT2D eigenvalue weighted by Gasteiger charge is 2.23. The average Bonchev–Trinajstić information content (AvgIpc) is 2.42. The van der Waals surface area contributed by atoms with Gasteiger partial charge >= 0.3 is 5.97 Å². The molecule has 116 valence electrons. The fraction of sp³-hybridized carbons (Fsp3) is 0.375. The van der Waals surface area contributed by atoms with Crippen LogP contribution in [0.2, 0.25) is 0 Å². The van der Waals surface area contributed by atoms with Crippen LogP contribution in [0.5, 0.6) is 0 Å². The van der Waals surface area contributed by atoms with Gasteiger partial charge in [-0.25, -0.2) is 4.68 Å². The quantitative estimate of drug-likeness (QED) is 0.927. The minimum absolute atomic E-state index is 0.140. The Morgan fingerprint density at radius 3 is 2.32 bits per heavy atom. The SMILES string of the molecule is CC(C)(C)C(=O)Cn1nc(CC(=O)O)c2ccccc2c1=O. The molecule has 0 radical (unpaired) electrons. The lowest BCUT2D eigenvalue weighted by atomic mass is 9.91. The van der Waals surface area contributed by atoms with E-state index in [-0.39, 0.29) is 30.0 Å². The molecule has 0 aliphatic heterocycles. The molecule has 6 heteroatoms. The van der Waals surface area contributed by atoms with E-state index < -0.39 is 11.4 Å². The summed E-state index contributed by atoms with van der Waals surface area (Å²) in [6.45, 7) is 5.12. The zero-order valence-electron chi connectivity index (χ0n) is 12.8. The number of carbonyl (C=O) groups excluding carboxylic acids is 1. The number of carbonyl (C=O) groups is 2. The molecule has 0 amide bonds. The minimum Gasteiger partial charge on any atom is -0.481 e. The standard InChI is InChI=1S/C16H18N2O4/c1-16(2,3)13(19)9-18-15(22)11-7-5-4-6-10(11)12(17-18)8-14(20)21/h4-7H,8-9H2,1-3H3,(H,20,21). The third-order valence-corrected chi connectivity index (χ3v) is 3.39. The Labute approximate surface area is 127 Å². The first-order valence-electron chi connectivity index (χ1n) is 6.94. The van der Waals surface area contributed by atoms with E-state index in [9.17, 15) is 14.4 Å². The maximum Gasteiger partial charge on any atom is 0.309 e. The number of Topliss-reactive ketones (excluding diaryl/α,β-unsaturated/α-hetero) is 1. The van der Waals surface area contributed by atoms with Crippen LogP contribution in [-0.4, -0.2) is 26.6 Å². The summed E-state index contributed by atoms with van der Waals surface area (Å²) in [5.74, 6) is -1.18. The Hall–Kier alpha value is -2.50. The lowest BCUT2D eigenvalue weighted by Crippen LogP contribution is -2.33. The van der Waals surface area contributed by atoms with Crippen LogP contribution in [0.3, 0.4) is 0 Å². The molecule has 0 unspecified atom stereocenters. The number of ketones is 1. The van der Waals surface area contributed by atoms with Crippen LogP contribution in [0, 0.1) is 5.41 Å². The van der Waals surface area contributed by atoms with Crippen LogP contribution in [-0.2, 0) is 22.6 Å². The predicted octanol–water partition coefficient (Wildman–Crippen LogP) is 1.64. The highest BCUT2D eigenvalue weighted by atomic mass is 16.4. The van der Waals surface area contributed by atoms with Crippen LogP contribution in [0.15, 0.2) is 29.1 Å². The number of hydrogen-bond acceptors (Lipinski definition) is 4. The van der Waals surface area contributed by atoms with Gasteiger partial charge in [0.15, 0.2) is 5.78 Å². The Morgan fingerprint density at radius 2 is 1.77 bits per heavy atom. The third-order valence-electron chi connectivity index (χ3n) is 3.39. The molecule has 0 spiro atoms. The smallest absolute Gasteiger partial charge is 0.309 e. The molecule has 22 heavy (non-hydrogen) atoms. The van der Waals surface area contributed by atoms with Gasteiger partial charge in [0.1, 0.15) is 6.54 Å². The zero-order chi connectivity index (χ0) is 16.5. The monoisotopic (exact) mass is 302 g/mol. The lowest BCUT2D eigenvalue weighted by Gasteiger charge is -2.17. The molecular formula is C16H18N2O4. The Kier molecular flexibility index (Phi) is 4.12. The molecule has 1 aromatic heterocycles. The van der Waals surface area contributed by atoms with Gasteiger partial charge in [-0.2, -0.15) is 5.10 Å².